The minimum absolute atomic E-state index is 1.06. The summed E-state index contributed by atoms with van der Waals surface area (Å²) in [4.78, 5) is 0. The predicted octanol–water partition coefficient (Wildman–Crippen LogP) is 3.56. The minimum atomic E-state index is 1.06. The number of allylic oxidation sites excluding steroid dienone is 2. The predicted molar refractivity (Wildman–Crippen MR) is 82.8 cm³/mol. The Labute approximate surface area is 108 Å². The third-order valence-corrected chi connectivity index (χ3v) is 3.21. The van der Waals surface area contributed by atoms with Gasteiger partial charge in [-0.05, 0) is 46.2 Å². The highest BCUT2D eigenvalue weighted by atomic mass is 14.1. The fourth-order valence-electron chi connectivity index (χ4n) is 2.31. The smallest absolute Gasteiger partial charge is 0.00363 e. The van der Waals surface area contributed by atoms with E-state index in [-0.39, 0.29) is 0 Å². The van der Waals surface area contributed by atoms with Crippen LogP contribution >= 0.6 is 0 Å². The lowest BCUT2D eigenvalue weighted by Crippen LogP contribution is -2.12. The van der Waals surface area contributed by atoms with E-state index in [1.54, 1.807) is 0 Å². The summed E-state index contributed by atoms with van der Waals surface area (Å²) in [5, 5.41) is 4.78. The highest BCUT2D eigenvalue weighted by Crippen LogP contribution is 2.17. The Kier molecular flexibility index (Phi) is 3.47. The van der Waals surface area contributed by atoms with Crippen molar-refractivity contribution in [2.24, 2.45) is 0 Å². The van der Waals surface area contributed by atoms with Gasteiger partial charge >= 0.3 is 0 Å². The minimum Gasteiger partial charge on any atom is -0.0984 e. The second-order valence-corrected chi connectivity index (χ2v) is 4.43. The van der Waals surface area contributed by atoms with Gasteiger partial charge in [0.15, 0.2) is 0 Å². The summed E-state index contributed by atoms with van der Waals surface area (Å²) < 4.78 is 0. The Morgan fingerprint density at radius 1 is 1.06 bits per heavy atom. The molecule has 0 radical (unpaired) electrons. The van der Waals surface area contributed by atoms with Gasteiger partial charge in [0, 0.05) is 0 Å². The molecule has 0 amide bonds. The lowest BCUT2D eigenvalue weighted by molar-refractivity contribution is 1.49. The van der Waals surface area contributed by atoms with Gasteiger partial charge in [0.05, 0.1) is 0 Å². The third kappa shape index (κ3) is 2.02. The quantitative estimate of drug-likeness (QED) is 0.745. The fourth-order valence-corrected chi connectivity index (χ4v) is 2.31. The zero-order valence-corrected chi connectivity index (χ0v) is 11.0. The summed E-state index contributed by atoms with van der Waals surface area (Å²) in [6, 6.07) is 8.46. The summed E-state index contributed by atoms with van der Waals surface area (Å²) in [5.41, 5.74) is 2.42. The van der Waals surface area contributed by atoms with Gasteiger partial charge in [-0.2, -0.15) is 0 Å². The van der Waals surface area contributed by atoms with E-state index in [0.29, 0.717) is 0 Å². The summed E-state index contributed by atoms with van der Waals surface area (Å²) in [6.45, 7) is 12.2. The Bertz CT molecular complexity index is 731. The zero-order valence-electron chi connectivity index (χ0n) is 11.0. The van der Waals surface area contributed by atoms with Crippen LogP contribution in [0.3, 0.4) is 0 Å². The molecule has 0 saturated carbocycles. The first-order chi connectivity index (χ1) is 8.69. The van der Waals surface area contributed by atoms with E-state index in [1.165, 1.54) is 21.6 Å². The molecule has 0 aliphatic carbocycles. The van der Waals surface area contributed by atoms with Crippen LogP contribution in [-0.4, -0.2) is 0 Å². The summed E-state index contributed by atoms with van der Waals surface area (Å²) in [5.74, 6) is 0. The molecule has 0 fully saturated rings. The van der Waals surface area contributed by atoms with Gasteiger partial charge in [-0.15, -0.1) is 0 Å². The standard InChI is InChI=1S/C18H18/c1-5-7-8-16-12-10-13(3)17-15(6-2)11-9-14(4)18(16)17/h5-12H,2-3H2,1,4H3/b7-5-,16-8-. The topological polar surface area (TPSA) is 0 Å². The molecule has 0 aliphatic heterocycles. The van der Waals surface area contributed by atoms with Gasteiger partial charge in [0.25, 0.3) is 0 Å². The molecule has 2 aromatic rings. The molecule has 0 aromatic heterocycles. The largest absolute Gasteiger partial charge is 0.0984 e. The van der Waals surface area contributed by atoms with Gasteiger partial charge in [0.1, 0.15) is 0 Å². The van der Waals surface area contributed by atoms with E-state index in [4.69, 9.17) is 0 Å². The van der Waals surface area contributed by atoms with Crippen LogP contribution in [-0.2, 0) is 0 Å². The normalized spacial score (nSPS) is 12.4. The molecule has 0 nitrogen and oxygen atoms in total. The van der Waals surface area contributed by atoms with Crippen molar-refractivity contribution in [3.8, 4) is 0 Å². The Morgan fingerprint density at radius 3 is 2.50 bits per heavy atom. The highest BCUT2D eigenvalue weighted by Gasteiger charge is 2.03. The zero-order chi connectivity index (χ0) is 13.1. The molecule has 0 heteroatoms. The highest BCUT2D eigenvalue weighted by molar-refractivity contribution is 5.94. The Hall–Kier alpha value is -2.08. The molecule has 18 heavy (non-hydrogen) atoms. The first kappa shape index (κ1) is 12.4. The Morgan fingerprint density at radius 2 is 1.83 bits per heavy atom. The first-order valence-corrected chi connectivity index (χ1v) is 6.15. The van der Waals surface area contributed by atoms with Gasteiger partial charge in [-0.3, -0.25) is 0 Å². The molecule has 0 saturated heterocycles. The van der Waals surface area contributed by atoms with Crippen LogP contribution in [0.5, 0.6) is 0 Å². The van der Waals surface area contributed by atoms with Gasteiger partial charge < -0.3 is 0 Å². The molecule has 0 aliphatic rings. The lowest BCUT2D eigenvalue weighted by Gasteiger charge is -2.07. The van der Waals surface area contributed by atoms with Crippen LogP contribution < -0.4 is 10.4 Å². The van der Waals surface area contributed by atoms with E-state index < -0.39 is 0 Å². The molecular formula is C18H18. The third-order valence-electron chi connectivity index (χ3n) is 3.21. The molecule has 0 unspecified atom stereocenters. The number of benzene rings is 2. The summed E-state index contributed by atoms with van der Waals surface area (Å²) >= 11 is 0. The number of rotatable bonds is 2. The monoisotopic (exact) mass is 234 g/mol. The van der Waals surface area contributed by atoms with Crippen molar-refractivity contribution in [1.82, 2.24) is 0 Å². The van der Waals surface area contributed by atoms with Crippen LogP contribution in [0.25, 0.3) is 29.5 Å². The van der Waals surface area contributed by atoms with Gasteiger partial charge in [-0.1, -0.05) is 61.7 Å². The molecule has 90 valence electrons. The maximum atomic E-state index is 4.14. The van der Waals surface area contributed by atoms with Crippen molar-refractivity contribution in [1.29, 1.82) is 0 Å². The summed E-state index contributed by atoms with van der Waals surface area (Å²) in [6.07, 6.45) is 8.14. The molecule has 0 spiro atoms. The molecule has 0 atom stereocenters. The SMILES string of the molecule is C=Cc1ccc(C)c2/c(=C\C=C/C)ccc(=C)c12. The van der Waals surface area contributed by atoms with Crippen molar-refractivity contribution < 1.29 is 0 Å². The van der Waals surface area contributed by atoms with Crippen LogP contribution in [0, 0.1) is 6.92 Å². The average molecular weight is 234 g/mol. The molecule has 0 heterocycles. The average Bonchev–Trinajstić information content (AvgIpc) is 2.39. The van der Waals surface area contributed by atoms with E-state index in [0.717, 1.165) is 10.8 Å². The van der Waals surface area contributed by atoms with Crippen molar-refractivity contribution >= 4 is 29.5 Å². The van der Waals surface area contributed by atoms with E-state index >= 15 is 0 Å². The van der Waals surface area contributed by atoms with Crippen molar-refractivity contribution in [2.75, 3.05) is 0 Å². The van der Waals surface area contributed by atoms with Crippen molar-refractivity contribution in [3.63, 3.8) is 0 Å². The maximum Gasteiger partial charge on any atom is -0.00363 e. The fraction of sp³-hybridized carbons (Fsp3) is 0.111. The van der Waals surface area contributed by atoms with Crippen LogP contribution in [0.15, 0.2) is 43.0 Å². The molecule has 2 rings (SSSR count). The van der Waals surface area contributed by atoms with E-state index in [1.807, 2.05) is 19.1 Å². The molecule has 0 bridgehead atoms. The molecule has 2 aromatic carbocycles. The van der Waals surface area contributed by atoms with Gasteiger partial charge in [0.2, 0.25) is 0 Å². The molecular weight excluding hydrogens is 216 g/mol. The van der Waals surface area contributed by atoms with Crippen LogP contribution in [0.1, 0.15) is 18.1 Å². The van der Waals surface area contributed by atoms with Crippen LogP contribution in [0.2, 0.25) is 0 Å². The lowest BCUT2D eigenvalue weighted by atomic mass is 9.97. The van der Waals surface area contributed by atoms with Crippen LogP contribution in [0.4, 0.5) is 0 Å². The number of fused-ring (bicyclic) bond motifs is 1. The van der Waals surface area contributed by atoms with Gasteiger partial charge in [-0.25, -0.2) is 0 Å². The second kappa shape index (κ2) is 5.05. The maximum absolute atomic E-state index is 4.14. The van der Waals surface area contributed by atoms with E-state index in [9.17, 15) is 0 Å². The second-order valence-electron chi connectivity index (χ2n) is 4.43. The molecule has 0 N–H and O–H groups in total. The Balaban J connectivity index is 3.07. The van der Waals surface area contributed by atoms with E-state index in [2.05, 4.69) is 56.5 Å². The number of aryl methyl sites for hydroxylation is 1. The summed E-state index contributed by atoms with van der Waals surface area (Å²) in [7, 11) is 0. The number of hydrogen-bond acceptors (Lipinski definition) is 0. The van der Waals surface area contributed by atoms with Crippen molar-refractivity contribution in [3.05, 3.63) is 64.6 Å². The van der Waals surface area contributed by atoms with Crippen molar-refractivity contribution in [2.45, 2.75) is 13.8 Å². The first-order valence-electron chi connectivity index (χ1n) is 6.15. The number of hydrogen-bond donors (Lipinski definition) is 0.